The third-order valence-electron chi connectivity index (χ3n) is 3.50. The van der Waals surface area contributed by atoms with Gasteiger partial charge in [0, 0.05) is 32.2 Å². The molecule has 1 aliphatic rings. The van der Waals surface area contributed by atoms with E-state index in [-0.39, 0.29) is 5.56 Å². The molecule has 5 heteroatoms. The smallest absolute Gasteiger partial charge is 0.271 e. The van der Waals surface area contributed by atoms with Gasteiger partial charge in [0.1, 0.15) is 5.69 Å². The molecule has 1 aliphatic heterocycles. The van der Waals surface area contributed by atoms with Crippen LogP contribution in [0.3, 0.4) is 0 Å². The number of nitrogens with zero attached hydrogens (tertiary/aromatic N) is 2. The van der Waals surface area contributed by atoms with Crippen LogP contribution in [-0.2, 0) is 6.54 Å². The molecular weight excluding hydrogens is 240 g/mol. The number of fused-ring (bicyclic) bond motifs is 1. The van der Waals surface area contributed by atoms with Crippen molar-refractivity contribution >= 4 is 11.0 Å². The van der Waals surface area contributed by atoms with Gasteiger partial charge in [-0.25, -0.2) is 4.98 Å². The number of piperazine rings is 1. The average Bonchev–Trinajstić information content (AvgIpc) is 2.40. The minimum atomic E-state index is -0.0788. The zero-order valence-electron chi connectivity index (χ0n) is 11.0. The lowest BCUT2D eigenvalue weighted by atomic mass is 10.2. The van der Waals surface area contributed by atoms with Gasteiger partial charge in [0.2, 0.25) is 0 Å². The molecule has 2 heterocycles. The lowest BCUT2D eigenvalue weighted by Crippen LogP contribution is -2.49. The summed E-state index contributed by atoms with van der Waals surface area (Å²) in [5.74, 6) is 0. The Labute approximate surface area is 111 Å². The predicted octanol–water partition coefficient (Wildman–Crippen LogP) is 0.717. The second-order valence-electron chi connectivity index (χ2n) is 5.12. The molecule has 1 fully saturated rings. The lowest BCUT2D eigenvalue weighted by molar-refractivity contribution is 0.197. The molecule has 0 amide bonds. The molecule has 0 aliphatic carbocycles. The van der Waals surface area contributed by atoms with Crippen LogP contribution in [0.4, 0.5) is 0 Å². The first-order valence-corrected chi connectivity index (χ1v) is 6.66. The van der Waals surface area contributed by atoms with Crippen LogP contribution in [-0.4, -0.2) is 40.5 Å². The monoisotopic (exact) mass is 258 g/mol. The molecule has 19 heavy (non-hydrogen) atoms. The highest BCUT2D eigenvalue weighted by Crippen LogP contribution is 2.08. The number of aromatic amines is 1. The normalized spacial score (nSPS) is 20.8. The minimum absolute atomic E-state index is 0.0788. The maximum Gasteiger partial charge on any atom is 0.271 e. The van der Waals surface area contributed by atoms with Gasteiger partial charge >= 0.3 is 0 Å². The van der Waals surface area contributed by atoms with E-state index in [1.54, 1.807) is 0 Å². The summed E-state index contributed by atoms with van der Waals surface area (Å²) in [7, 11) is 0. The van der Waals surface area contributed by atoms with Crippen LogP contribution in [0.25, 0.3) is 11.0 Å². The van der Waals surface area contributed by atoms with E-state index in [1.165, 1.54) is 0 Å². The number of aromatic nitrogens is 2. The molecule has 2 N–H and O–H groups in total. The van der Waals surface area contributed by atoms with Crippen molar-refractivity contribution in [2.24, 2.45) is 0 Å². The number of rotatable bonds is 2. The van der Waals surface area contributed by atoms with Gasteiger partial charge in [0.15, 0.2) is 0 Å². The van der Waals surface area contributed by atoms with Gasteiger partial charge in [-0.1, -0.05) is 12.1 Å². The Kier molecular flexibility index (Phi) is 3.31. The van der Waals surface area contributed by atoms with Crippen LogP contribution in [0, 0.1) is 0 Å². The zero-order valence-corrected chi connectivity index (χ0v) is 11.0. The van der Waals surface area contributed by atoms with E-state index in [1.807, 2.05) is 24.3 Å². The van der Waals surface area contributed by atoms with E-state index >= 15 is 0 Å². The summed E-state index contributed by atoms with van der Waals surface area (Å²) in [6.45, 7) is 5.65. The van der Waals surface area contributed by atoms with Gasteiger partial charge in [-0.3, -0.25) is 9.69 Å². The first-order chi connectivity index (χ1) is 9.22. The Morgan fingerprint density at radius 3 is 3.11 bits per heavy atom. The summed E-state index contributed by atoms with van der Waals surface area (Å²) < 4.78 is 0. The number of benzene rings is 1. The second-order valence-corrected chi connectivity index (χ2v) is 5.12. The van der Waals surface area contributed by atoms with Crippen LogP contribution in [0.15, 0.2) is 29.1 Å². The molecule has 1 saturated heterocycles. The minimum Gasteiger partial charge on any atom is -0.319 e. The summed E-state index contributed by atoms with van der Waals surface area (Å²) in [5, 5.41) is 3.39. The van der Waals surface area contributed by atoms with E-state index in [9.17, 15) is 4.79 Å². The maximum absolute atomic E-state index is 12.0. The molecule has 0 radical (unpaired) electrons. The molecule has 1 aromatic carbocycles. The second kappa shape index (κ2) is 5.11. The van der Waals surface area contributed by atoms with E-state index in [0.717, 1.165) is 30.7 Å². The van der Waals surface area contributed by atoms with Crippen molar-refractivity contribution < 1.29 is 0 Å². The van der Waals surface area contributed by atoms with Gasteiger partial charge in [0.05, 0.1) is 11.0 Å². The lowest BCUT2D eigenvalue weighted by Gasteiger charge is -2.31. The number of para-hydroxylation sites is 2. The number of hydrogen-bond donors (Lipinski definition) is 2. The van der Waals surface area contributed by atoms with Crippen LogP contribution in [0.1, 0.15) is 12.6 Å². The fourth-order valence-corrected chi connectivity index (χ4v) is 2.54. The summed E-state index contributed by atoms with van der Waals surface area (Å²) in [6, 6.07) is 8.10. The van der Waals surface area contributed by atoms with Crippen molar-refractivity contribution in [1.82, 2.24) is 20.2 Å². The highest BCUT2D eigenvalue weighted by molar-refractivity contribution is 5.73. The zero-order chi connectivity index (χ0) is 13.2. The van der Waals surface area contributed by atoms with Crippen molar-refractivity contribution in [2.45, 2.75) is 19.5 Å². The molecule has 1 aromatic heterocycles. The van der Waals surface area contributed by atoms with Crippen LogP contribution >= 0.6 is 0 Å². The Morgan fingerprint density at radius 1 is 1.42 bits per heavy atom. The first-order valence-electron chi connectivity index (χ1n) is 6.66. The largest absolute Gasteiger partial charge is 0.319 e. The van der Waals surface area contributed by atoms with Crippen molar-refractivity contribution in [2.75, 3.05) is 19.6 Å². The Balaban J connectivity index is 1.88. The van der Waals surface area contributed by atoms with Gasteiger partial charge in [0.25, 0.3) is 5.56 Å². The van der Waals surface area contributed by atoms with Gasteiger partial charge in [-0.15, -0.1) is 0 Å². The van der Waals surface area contributed by atoms with E-state index in [4.69, 9.17) is 0 Å². The van der Waals surface area contributed by atoms with E-state index < -0.39 is 0 Å². The van der Waals surface area contributed by atoms with Crippen molar-refractivity contribution in [3.63, 3.8) is 0 Å². The van der Waals surface area contributed by atoms with Crippen molar-refractivity contribution in [1.29, 1.82) is 0 Å². The Bertz CT molecular complexity index is 637. The van der Waals surface area contributed by atoms with Gasteiger partial charge < -0.3 is 10.3 Å². The molecular formula is C14H18N4O. The predicted molar refractivity (Wildman–Crippen MR) is 75.1 cm³/mol. The SMILES string of the molecule is CC1CN(Cc2nc3ccccc3[nH]c2=O)CCN1. The molecule has 0 spiro atoms. The fourth-order valence-electron chi connectivity index (χ4n) is 2.54. The number of hydrogen-bond acceptors (Lipinski definition) is 4. The molecule has 2 aromatic rings. The van der Waals surface area contributed by atoms with E-state index in [0.29, 0.717) is 18.3 Å². The van der Waals surface area contributed by atoms with Gasteiger partial charge in [-0.05, 0) is 19.1 Å². The van der Waals surface area contributed by atoms with Crippen LogP contribution < -0.4 is 10.9 Å². The van der Waals surface area contributed by atoms with Gasteiger partial charge in [-0.2, -0.15) is 0 Å². The van der Waals surface area contributed by atoms with Crippen LogP contribution in [0.2, 0.25) is 0 Å². The van der Waals surface area contributed by atoms with Crippen molar-refractivity contribution in [3.05, 3.63) is 40.3 Å². The average molecular weight is 258 g/mol. The molecule has 1 unspecified atom stereocenters. The van der Waals surface area contributed by atoms with E-state index in [2.05, 4.69) is 27.1 Å². The molecule has 0 saturated carbocycles. The summed E-state index contributed by atoms with van der Waals surface area (Å²) in [4.78, 5) is 21.7. The maximum atomic E-state index is 12.0. The Morgan fingerprint density at radius 2 is 2.26 bits per heavy atom. The molecule has 1 atom stereocenters. The van der Waals surface area contributed by atoms with Crippen molar-refractivity contribution in [3.8, 4) is 0 Å². The molecule has 100 valence electrons. The quantitative estimate of drug-likeness (QED) is 0.833. The molecule has 0 bridgehead atoms. The number of nitrogens with one attached hydrogen (secondary N) is 2. The fraction of sp³-hybridized carbons (Fsp3) is 0.429. The highest BCUT2D eigenvalue weighted by atomic mass is 16.1. The number of H-pyrrole nitrogens is 1. The highest BCUT2D eigenvalue weighted by Gasteiger charge is 2.17. The third-order valence-corrected chi connectivity index (χ3v) is 3.50. The summed E-state index contributed by atoms with van der Waals surface area (Å²) in [6.07, 6.45) is 0. The standard InChI is InChI=1S/C14H18N4O/c1-10-8-18(7-6-15-10)9-13-14(19)17-12-5-3-2-4-11(12)16-13/h2-5,10,15H,6-9H2,1H3,(H,17,19). The first kappa shape index (κ1) is 12.3. The van der Waals surface area contributed by atoms with Crippen LogP contribution in [0.5, 0.6) is 0 Å². The molecule has 3 rings (SSSR count). The summed E-state index contributed by atoms with van der Waals surface area (Å²) >= 11 is 0. The summed E-state index contributed by atoms with van der Waals surface area (Å²) in [5.41, 5.74) is 2.17. The topological polar surface area (TPSA) is 61.0 Å². The molecule has 5 nitrogen and oxygen atoms in total. The third kappa shape index (κ3) is 2.67. The Hall–Kier alpha value is -1.72.